The normalized spacial score (nSPS) is 24.1. The van der Waals surface area contributed by atoms with E-state index in [9.17, 15) is 10.1 Å². The van der Waals surface area contributed by atoms with Crippen molar-refractivity contribution >= 4 is 40.0 Å². The minimum atomic E-state index is 0.0201. The number of hydrogen-bond acceptors (Lipinski definition) is 7. The molecule has 2 aromatic heterocycles. The molecule has 5 N–H and O–H groups in total. The number of hydrogen-bond donors (Lipinski definition) is 2. The van der Waals surface area contributed by atoms with Crippen LogP contribution in [0.4, 0.5) is 23.3 Å². The average molecular weight is 423 g/mol. The molecule has 2 aliphatic heterocycles. The molecule has 3 aliphatic rings. The number of carbonyl (C=O) groups is 1. The van der Waals surface area contributed by atoms with Crippen LogP contribution >= 0.6 is 0 Å². The first-order valence-electron chi connectivity index (χ1n) is 11.0. The van der Waals surface area contributed by atoms with Crippen LogP contribution in [0.2, 0.25) is 0 Å². The second kappa shape index (κ2) is 7.24. The third-order valence-corrected chi connectivity index (χ3v) is 6.68. The highest BCUT2D eigenvalue weighted by Crippen LogP contribution is 2.43. The summed E-state index contributed by atoms with van der Waals surface area (Å²) in [5, 5.41) is 11.4. The van der Waals surface area contributed by atoms with Crippen LogP contribution in [0, 0.1) is 11.3 Å². The number of nitriles is 1. The summed E-state index contributed by atoms with van der Waals surface area (Å²) in [5.41, 5.74) is 14.0. The molecule has 0 bridgehead atoms. The number of H-pyrrole nitrogens is 1. The van der Waals surface area contributed by atoms with Crippen molar-refractivity contribution in [1.82, 2.24) is 4.98 Å². The zero-order valence-corrected chi connectivity index (χ0v) is 17.9. The van der Waals surface area contributed by atoms with Crippen LogP contribution < -0.4 is 26.3 Å². The Morgan fingerprint density at radius 2 is 1.84 bits per heavy atom. The van der Waals surface area contributed by atoms with Crippen LogP contribution in [0.1, 0.15) is 50.7 Å². The van der Waals surface area contributed by atoms with Crippen molar-refractivity contribution in [3.05, 3.63) is 11.1 Å². The van der Waals surface area contributed by atoms with Gasteiger partial charge in [-0.1, -0.05) is 12.8 Å². The van der Waals surface area contributed by atoms with Crippen molar-refractivity contribution in [3.8, 4) is 6.07 Å². The Balaban J connectivity index is 1.74. The standard InChI is InChI=1S/C22H27N7O2/c1-11-9-28(10-12(2)31-11)21-15(8-23)17-14-7-16(30)29(13-5-3-4-6-13)22(14)27-20(25)18(17)19(24)26-21/h11-13H,3-7,9-10H2,1-2H3,(H2,24,26)(H2,25,27)/p+1/t11-,12+. The van der Waals surface area contributed by atoms with Crippen LogP contribution in [0.25, 0.3) is 10.8 Å². The summed E-state index contributed by atoms with van der Waals surface area (Å²) in [6.07, 6.45) is 4.40. The largest absolute Gasteiger partial charge is 0.383 e. The number of rotatable bonds is 2. The molecule has 2 fully saturated rings. The SMILES string of the molecule is C[C@@H]1CN(c2[nH+]c(N)c3c(N)nc4c(c3c2C#N)CC(=O)N4C2CCCC2)C[C@H](C)O1. The van der Waals surface area contributed by atoms with E-state index in [1.165, 1.54) is 0 Å². The zero-order valence-electron chi connectivity index (χ0n) is 17.9. The Hall–Kier alpha value is -3.12. The monoisotopic (exact) mass is 422 g/mol. The molecule has 2 aromatic rings. The maximum absolute atomic E-state index is 13.0. The van der Waals surface area contributed by atoms with Gasteiger partial charge in [0.1, 0.15) is 23.3 Å². The molecule has 1 aliphatic carbocycles. The predicted molar refractivity (Wildman–Crippen MR) is 118 cm³/mol. The number of morpholine rings is 1. The number of anilines is 4. The van der Waals surface area contributed by atoms with E-state index in [1.54, 1.807) is 0 Å². The van der Waals surface area contributed by atoms with Gasteiger partial charge in [0.25, 0.3) is 0 Å². The smallest absolute Gasteiger partial charge is 0.240 e. The number of carbonyl (C=O) groups excluding carboxylic acids is 1. The first-order chi connectivity index (χ1) is 14.9. The van der Waals surface area contributed by atoms with Gasteiger partial charge < -0.3 is 16.2 Å². The molecule has 0 unspecified atom stereocenters. The topological polar surface area (TPSA) is 136 Å². The lowest BCUT2D eigenvalue weighted by atomic mass is 10.00. The molecule has 1 amide bonds. The van der Waals surface area contributed by atoms with Crippen LogP contribution in [-0.4, -0.2) is 42.2 Å². The van der Waals surface area contributed by atoms with Gasteiger partial charge in [0, 0.05) is 17.0 Å². The highest BCUT2D eigenvalue weighted by Gasteiger charge is 2.40. The molecule has 5 rings (SSSR count). The van der Waals surface area contributed by atoms with Crippen LogP contribution in [-0.2, 0) is 16.0 Å². The number of nitrogens with zero attached hydrogens (tertiary/aromatic N) is 4. The van der Waals surface area contributed by atoms with Crippen molar-refractivity contribution in [1.29, 1.82) is 5.26 Å². The lowest BCUT2D eigenvalue weighted by Gasteiger charge is -2.33. The van der Waals surface area contributed by atoms with Gasteiger partial charge >= 0.3 is 0 Å². The number of nitrogens with one attached hydrogen (secondary N) is 1. The van der Waals surface area contributed by atoms with Crippen LogP contribution in [0.15, 0.2) is 0 Å². The fraction of sp³-hybridized carbons (Fsp3) is 0.545. The molecule has 0 aromatic carbocycles. The fourth-order valence-corrected chi connectivity index (χ4v) is 5.51. The molecule has 31 heavy (non-hydrogen) atoms. The summed E-state index contributed by atoms with van der Waals surface area (Å²) in [5.74, 6) is 1.86. The van der Waals surface area contributed by atoms with Crippen LogP contribution in [0.3, 0.4) is 0 Å². The fourth-order valence-electron chi connectivity index (χ4n) is 5.51. The van der Waals surface area contributed by atoms with E-state index in [4.69, 9.17) is 16.2 Å². The van der Waals surface area contributed by atoms with Crippen molar-refractivity contribution in [3.63, 3.8) is 0 Å². The average Bonchev–Trinajstić information content (AvgIpc) is 3.33. The first-order valence-corrected chi connectivity index (χ1v) is 11.0. The second-order valence-corrected chi connectivity index (χ2v) is 8.96. The van der Waals surface area contributed by atoms with E-state index in [0.29, 0.717) is 46.9 Å². The van der Waals surface area contributed by atoms with E-state index in [-0.39, 0.29) is 36.4 Å². The summed E-state index contributed by atoms with van der Waals surface area (Å²) >= 11 is 0. The van der Waals surface area contributed by atoms with Gasteiger partial charge in [-0.05, 0) is 26.7 Å². The molecule has 0 radical (unpaired) electrons. The molecular formula is C22H28N7O2+. The minimum Gasteiger partial charge on any atom is -0.383 e. The van der Waals surface area contributed by atoms with E-state index in [2.05, 4.69) is 20.9 Å². The molecule has 1 saturated heterocycles. The van der Waals surface area contributed by atoms with Crippen molar-refractivity contribution in [2.24, 2.45) is 0 Å². The minimum absolute atomic E-state index is 0.0201. The van der Waals surface area contributed by atoms with E-state index in [1.807, 2.05) is 18.7 Å². The number of aromatic nitrogens is 2. The maximum Gasteiger partial charge on any atom is 0.240 e. The van der Waals surface area contributed by atoms with Crippen molar-refractivity contribution in [2.45, 2.75) is 64.2 Å². The molecule has 0 spiro atoms. The highest BCUT2D eigenvalue weighted by molar-refractivity contribution is 6.12. The summed E-state index contributed by atoms with van der Waals surface area (Å²) in [7, 11) is 0. The summed E-state index contributed by atoms with van der Waals surface area (Å²) in [6, 6.07) is 2.52. The third-order valence-electron chi connectivity index (χ3n) is 6.68. The zero-order chi connectivity index (χ0) is 21.9. The van der Waals surface area contributed by atoms with E-state index >= 15 is 0 Å². The number of fused-ring (bicyclic) bond motifs is 3. The van der Waals surface area contributed by atoms with Gasteiger partial charge in [0.05, 0.1) is 37.1 Å². The number of amides is 1. The van der Waals surface area contributed by atoms with Gasteiger partial charge in [-0.2, -0.15) is 5.26 Å². The molecule has 9 nitrogen and oxygen atoms in total. The van der Waals surface area contributed by atoms with Crippen LogP contribution in [0.5, 0.6) is 0 Å². The first kappa shape index (κ1) is 19.8. The third kappa shape index (κ3) is 3.05. The number of pyridine rings is 2. The Bertz CT molecular complexity index is 1110. The lowest BCUT2D eigenvalue weighted by molar-refractivity contribution is -0.345. The maximum atomic E-state index is 13.0. The Morgan fingerprint density at radius 3 is 2.48 bits per heavy atom. The van der Waals surface area contributed by atoms with Gasteiger partial charge in [-0.3, -0.25) is 14.6 Å². The Morgan fingerprint density at radius 1 is 1.16 bits per heavy atom. The van der Waals surface area contributed by atoms with Gasteiger partial charge in [0.15, 0.2) is 0 Å². The lowest BCUT2D eigenvalue weighted by Crippen LogP contribution is -2.48. The molecule has 4 heterocycles. The number of nitrogens with two attached hydrogens (primary N) is 2. The molecule has 9 heteroatoms. The quantitative estimate of drug-likeness (QED) is 0.749. The van der Waals surface area contributed by atoms with Crippen molar-refractivity contribution in [2.75, 3.05) is 34.4 Å². The van der Waals surface area contributed by atoms with Gasteiger partial charge in [-0.25, -0.2) is 9.97 Å². The predicted octanol–water partition coefficient (Wildman–Crippen LogP) is 1.53. The number of nitrogen functional groups attached to an aromatic ring is 2. The summed E-state index contributed by atoms with van der Waals surface area (Å²) in [6.45, 7) is 5.29. The highest BCUT2D eigenvalue weighted by atomic mass is 16.5. The molecule has 162 valence electrons. The van der Waals surface area contributed by atoms with E-state index < -0.39 is 0 Å². The van der Waals surface area contributed by atoms with E-state index in [0.717, 1.165) is 31.2 Å². The van der Waals surface area contributed by atoms with Gasteiger partial charge in [-0.15, -0.1) is 0 Å². The summed E-state index contributed by atoms with van der Waals surface area (Å²) in [4.78, 5) is 24.7. The number of aromatic amines is 1. The van der Waals surface area contributed by atoms with Gasteiger partial charge in [0.2, 0.25) is 17.5 Å². The Kier molecular flexibility index (Phi) is 4.63. The molecule has 1 saturated carbocycles. The number of ether oxygens (including phenoxy) is 1. The molecule has 2 atom stereocenters. The summed E-state index contributed by atoms with van der Waals surface area (Å²) < 4.78 is 5.86. The van der Waals surface area contributed by atoms with Crippen molar-refractivity contribution < 1.29 is 14.5 Å². The second-order valence-electron chi connectivity index (χ2n) is 8.96. The Labute approximate surface area is 181 Å². The molecular weight excluding hydrogens is 394 g/mol.